The first-order valence-corrected chi connectivity index (χ1v) is 5.92. The number of rotatable bonds is 5. The predicted octanol–water partition coefficient (Wildman–Crippen LogP) is 1.20. The standard InChI is InChI=1S/C13H17FN2O4/c1-13(20,7-11(17)18)8-15-12(19)16(2)10-5-3-9(14)4-6-10/h3-6,20H,7-8H2,1-2H3,(H,15,19)(H,17,18). The van der Waals surface area contributed by atoms with Gasteiger partial charge < -0.3 is 15.5 Å². The zero-order chi connectivity index (χ0) is 15.3. The van der Waals surface area contributed by atoms with Crippen molar-refractivity contribution in [1.82, 2.24) is 5.32 Å². The number of hydrogen-bond acceptors (Lipinski definition) is 3. The number of benzene rings is 1. The van der Waals surface area contributed by atoms with Crippen LogP contribution in [-0.2, 0) is 4.79 Å². The topological polar surface area (TPSA) is 89.9 Å². The van der Waals surface area contributed by atoms with E-state index in [-0.39, 0.29) is 6.54 Å². The molecule has 2 amide bonds. The summed E-state index contributed by atoms with van der Waals surface area (Å²) in [4.78, 5) is 23.6. The Morgan fingerprint density at radius 3 is 2.40 bits per heavy atom. The summed E-state index contributed by atoms with van der Waals surface area (Å²) >= 11 is 0. The Morgan fingerprint density at radius 2 is 1.90 bits per heavy atom. The number of amides is 2. The lowest BCUT2D eigenvalue weighted by atomic mass is 10.0. The number of nitrogens with zero attached hydrogens (tertiary/aromatic N) is 1. The van der Waals surface area contributed by atoms with Gasteiger partial charge in [-0.25, -0.2) is 9.18 Å². The Kier molecular flexibility index (Phi) is 5.04. The van der Waals surface area contributed by atoms with Gasteiger partial charge in [0.25, 0.3) is 0 Å². The van der Waals surface area contributed by atoms with Crippen LogP contribution >= 0.6 is 0 Å². The molecule has 0 aliphatic carbocycles. The predicted molar refractivity (Wildman–Crippen MR) is 71.1 cm³/mol. The van der Waals surface area contributed by atoms with Crippen molar-refractivity contribution < 1.29 is 24.2 Å². The average Bonchev–Trinajstić information content (AvgIpc) is 2.34. The summed E-state index contributed by atoms with van der Waals surface area (Å²) in [5.41, 5.74) is -1.06. The molecule has 1 aromatic carbocycles. The van der Waals surface area contributed by atoms with Crippen LogP contribution in [0.25, 0.3) is 0 Å². The minimum absolute atomic E-state index is 0.205. The summed E-state index contributed by atoms with van der Waals surface area (Å²) in [7, 11) is 1.48. The third kappa shape index (κ3) is 4.85. The molecular formula is C13H17FN2O4. The smallest absolute Gasteiger partial charge is 0.321 e. The van der Waals surface area contributed by atoms with E-state index < -0.39 is 29.8 Å². The van der Waals surface area contributed by atoms with Gasteiger partial charge in [-0.15, -0.1) is 0 Å². The van der Waals surface area contributed by atoms with E-state index in [0.717, 1.165) is 0 Å². The number of anilines is 1. The Balaban J connectivity index is 2.58. The van der Waals surface area contributed by atoms with E-state index in [9.17, 15) is 19.1 Å². The summed E-state index contributed by atoms with van der Waals surface area (Å²) in [5.74, 6) is -1.57. The second kappa shape index (κ2) is 6.33. The molecule has 0 bridgehead atoms. The Labute approximate surface area is 115 Å². The van der Waals surface area contributed by atoms with Crippen LogP contribution in [0.2, 0.25) is 0 Å². The molecule has 0 saturated heterocycles. The number of carbonyl (C=O) groups excluding carboxylic acids is 1. The molecule has 7 heteroatoms. The van der Waals surface area contributed by atoms with Crippen LogP contribution in [0.5, 0.6) is 0 Å². The van der Waals surface area contributed by atoms with Gasteiger partial charge in [-0.05, 0) is 31.2 Å². The van der Waals surface area contributed by atoms with Crippen LogP contribution in [0.15, 0.2) is 24.3 Å². The SMILES string of the molecule is CN(C(=O)NCC(C)(O)CC(=O)O)c1ccc(F)cc1. The number of carboxylic acid groups (broad SMARTS) is 1. The van der Waals surface area contributed by atoms with Crippen LogP contribution in [0.1, 0.15) is 13.3 Å². The van der Waals surface area contributed by atoms with Crippen molar-refractivity contribution in [2.24, 2.45) is 0 Å². The second-order valence-electron chi connectivity index (χ2n) is 4.76. The lowest BCUT2D eigenvalue weighted by Gasteiger charge is -2.24. The summed E-state index contributed by atoms with van der Waals surface area (Å²) < 4.78 is 12.8. The normalized spacial score (nSPS) is 13.4. The molecule has 0 radical (unpaired) electrons. The first-order valence-electron chi connectivity index (χ1n) is 5.92. The van der Waals surface area contributed by atoms with Gasteiger partial charge in [-0.3, -0.25) is 9.69 Å². The molecule has 0 heterocycles. The van der Waals surface area contributed by atoms with Gasteiger partial charge in [0.15, 0.2) is 0 Å². The monoisotopic (exact) mass is 284 g/mol. The molecule has 0 aromatic heterocycles. The number of aliphatic hydroxyl groups is 1. The van der Waals surface area contributed by atoms with Gasteiger partial charge in [0.1, 0.15) is 5.82 Å². The fraction of sp³-hybridized carbons (Fsp3) is 0.385. The van der Waals surface area contributed by atoms with Crippen LogP contribution in [0, 0.1) is 5.82 Å². The van der Waals surface area contributed by atoms with Gasteiger partial charge in [0.05, 0.1) is 12.0 Å². The summed E-state index contributed by atoms with van der Waals surface area (Å²) in [6.07, 6.45) is -0.479. The van der Waals surface area contributed by atoms with Crippen LogP contribution in [-0.4, -0.2) is 41.4 Å². The average molecular weight is 284 g/mol. The van der Waals surface area contributed by atoms with E-state index in [4.69, 9.17) is 5.11 Å². The van der Waals surface area contributed by atoms with Crippen molar-refractivity contribution in [3.8, 4) is 0 Å². The van der Waals surface area contributed by atoms with E-state index >= 15 is 0 Å². The molecule has 20 heavy (non-hydrogen) atoms. The lowest BCUT2D eigenvalue weighted by Crippen LogP contribution is -2.46. The molecule has 110 valence electrons. The summed E-state index contributed by atoms with van der Waals surface area (Å²) in [5, 5.41) is 20.8. The quantitative estimate of drug-likeness (QED) is 0.757. The van der Waals surface area contributed by atoms with Crippen molar-refractivity contribution in [3.63, 3.8) is 0 Å². The Bertz CT molecular complexity index is 488. The highest BCUT2D eigenvalue weighted by molar-refractivity contribution is 5.91. The summed E-state index contributed by atoms with van der Waals surface area (Å²) in [6, 6.07) is 4.79. The molecule has 3 N–H and O–H groups in total. The molecular weight excluding hydrogens is 267 g/mol. The molecule has 1 atom stereocenters. The van der Waals surface area contributed by atoms with Crippen LogP contribution < -0.4 is 10.2 Å². The first-order chi connectivity index (χ1) is 9.21. The van der Waals surface area contributed by atoms with Crippen molar-refractivity contribution in [3.05, 3.63) is 30.1 Å². The lowest BCUT2D eigenvalue weighted by molar-refractivity contribution is -0.141. The Hall–Kier alpha value is -2.15. The van der Waals surface area contributed by atoms with Gasteiger partial charge in [0.2, 0.25) is 0 Å². The number of carboxylic acids is 1. The van der Waals surface area contributed by atoms with Crippen molar-refractivity contribution in [2.75, 3.05) is 18.5 Å². The molecule has 1 aromatic rings. The van der Waals surface area contributed by atoms with Crippen molar-refractivity contribution >= 4 is 17.7 Å². The molecule has 0 aliphatic heterocycles. The van der Waals surface area contributed by atoms with Crippen LogP contribution in [0.3, 0.4) is 0 Å². The van der Waals surface area contributed by atoms with E-state index in [1.54, 1.807) is 0 Å². The molecule has 0 saturated carbocycles. The fourth-order valence-corrected chi connectivity index (χ4v) is 1.55. The number of halogens is 1. The highest BCUT2D eigenvalue weighted by Crippen LogP contribution is 2.13. The van der Waals surface area contributed by atoms with Crippen LogP contribution in [0.4, 0.5) is 14.9 Å². The highest BCUT2D eigenvalue weighted by atomic mass is 19.1. The van der Waals surface area contributed by atoms with E-state index in [1.165, 1.54) is 43.1 Å². The van der Waals surface area contributed by atoms with Crippen molar-refractivity contribution in [1.29, 1.82) is 0 Å². The molecule has 1 rings (SSSR count). The maximum Gasteiger partial charge on any atom is 0.321 e. The number of nitrogens with one attached hydrogen (secondary N) is 1. The minimum Gasteiger partial charge on any atom is -0.481 e. The largest absolute Gasteiger partial charge is 0.481 e. The highest BCUT2D eigenvalue weighted by Gasteiger charge is 2.25. The number of aliphatic carboxylic acids is 1. The molecule has 0 fully saturated rings. The number of hydrogen-bond donors (Lipinski definition) is 3. The van der Waals surface area contributed by atoms with E-state index in [2.05, 4.69) is 5.32 Å². The van der Waals surface area contributed by atoms with Gasteiger partial charge in [0, 0.05) is 19.3 Å². The maximum atomic E-state index is 12.8. The van der Waals surface area contributed by atoms with Crippen molar-refractivity contribution in [2.45, 2.75) is 18.9 Å². The van der Waals surface area contributed by atoms with E-state index in [1.807, 2.05) is 0 Å². The van der Waals surface area contributed by atoms with E-state index in [0.29, 0.717) is 5.69 Å². The van der Waals surface area contributed by atoms with Gasteiger partial charge in [-0.1, -0.05) is 0 Å². The molecule has 6 nitrogen and oxygen atoms in total. The molecule has 1 unspecified atom stereocenters. The minimum atomic E-state index is -1.54. The Morgan fingerprint density at radius 1 is 1.35 bits per heavy atom. The number of urea groups is 1. The molecule has 0 aliphatic rings. The second-order valence-corrected chi connectivity index (χ2v) is 4.76. The third-order valence-electron chi connectivity index (χ3n) is 2.67. The maximum absolute atomic E-state index is 12.8. The summed E-state index contributed by atoms with van der Waals surface area (Å²) in [6.45, 7) is 1.11. The first kappa shape index (κ1) is 15.9. The zero-order valence-corrected chi connectivity index (χ0v) is 11.3. The van der Waals surface area contributed by atoms with Gasteiger partial charge in [-0.2, -0.15) is 0 Å². The number of carbonyl (C=O) groups is 2. The fourth-order valence-electron chi connectivity index (χ4n) is 1.55. The third-order valence-corrected chi connectivity index (χ3v) is 2.67. The molecule has 0 spiro atoms. The zero-order valence-electron chi connectivity index (χ0n) is 11.3. The van der Waals surface area contributed by atoms with Gasteiger partial charge >= 0.3 is 12.0 Å².